The van der Waals surface area contributed by atoms with Crippen LogP contribution in [0.25, 0.3) is 0 Å². The minimum atomic E-state index is -0.877. The Hall–Kier alpha value is -1.89. The Kier molecular flexibility index (Phi) is 4.73. The van der Waals surface area contributed by atoms with Gasteiger partial charge in [-0.2, -0.15) is 0 Å². The van der Waals surface area contributed by atoms with Gasteiger partial charge in [0.25, 0.3) is 0 Å². The second-order valence-electron chi connectivity index (χ2n) is 7.71. The van der Waals surface area contributed by atoms with Gasteiger partial charge in [0, 0.05) is 31.6 Å². The molecule has 2 saturated heterocycles. The molecule has 7 heteroatoms. The number of carbonyl (C=O) groups excluding carboxylic acids is 1. The molecule has 1 aliphatic carbocycles. The van der Waals surface area contributed by atoms with Gasteiger partial charge in [-0.05, 0) is 38.5 Å². The molecule has 0 bridgehead atoms. The molecule has 3 aliphatic rings. The number of ether oxygens (including phenoxy) is 1. The highest BCUT2D eigenvalue weighted by Gasteiger charge is 2.51. The van der Waals surface area contributed by atoms with Crippen molar-refractivity contribution in [2.24, 2.45) is 11.8 Å². The van der Waals surface area contributed by atoms with Gasteiger partial charge >= 0.3 is 5.97 Å². The van der Waals surface area contributed by atoms with E-state index in [1.165, 1.54) is 0 Å². The third-order valence-corrected chi connectivity index (χ3v) is 6.38. The van der Waals surface area contributed by atoms with Crippen molar-refractivity contribution >= 4 is 11.9 Å². The molecule has 142 valence electrons. The number of hydrogen-bond acceptors (Lipinski definition) is 4. The first kappa shape index (κ1) is 17.5. The van der Waals surface area contributed by atoms with Crippen LogP contribution in [0.15, 0.2) is 12.4 Å². The topological polar surface area (TPSA) is 84.7 Å². The van der Waals surface area contributed by atoms with Crippen LogP contribution >= 0.6 is 0 Å². The first-order chi connectivity index (χ1) is 12.6. The lowest BCUT2D eigenvalue weighted by Crippen LogP contribution is -2.49. The number of fused-ring (bicyclic) bond motifs is 1. The molecule has 1 N–H and O–H groups in total. The number of carbonyl (C=O) groups is 2. The van der Waals surface area contributed by atoms with E-state index < -0.39 is 12.0 Å². The Morgan fingerprint density at radius 2 is 2.12 bits per heavy atom. The summed E-state index contributed by atoms with van der Waals surface area (Å²) in [7, 11) is 0. The maximum Gasteiger partial charge on any atom is 0.326 e. The van der Waals surface area contributed by atoms with Crippen molar-refractivity contribution in [1.29, 1.82) is 0 Å². The van der Waals surface area contributed by atoms with Gasteiger partial charge in [-0.1, -0.05) is 12.8 Å². The quantitative estimate of drug-likeness (QED) is 0.889. The van der Waals surface area contributed by atoms with Gasteiger partial charge in [0.1, 0.15) is 18.0 Å². The first-order valence-corrected chi connectivity index (χ1v) is 9.79. The van der Waals surface area contributed by atoms with Crippen molar-refractivity contribution in [3.63, 3.8) is 0 Å². The normalized spacial score (nSPS) is 34.0. The van der Waals surface area contributed by atoms with Crippen LogP contribution in [-0.4, -0.2) is 50.1 Å². The summed E-state index contributed by atoms with van der Waals surface area (Å²) >= 11 is 0. The molecule has 1 aromatic rings. The van der Waals surface area contributed by atoms with Crippen molar-refractivity contribution in [2.45, 2.75) is 70.2 Å². The third-order valence-electron chi connectivity index (χ3n) is 6.38. The van der Waals surface area contributed by atoms with E-state index in [1.807, 2.05) is 17.7 Å². The standard InChI is InChI=1S/C19H27N3O4/c1-2-21-9-8-20-17(21)16-13(7-10-26-16)18(23)22-14-6-4-3-5-12(14)11-15(22)19(24)25/h8-9,12-16H,2-7,10-11H2,1H3,(H,24,25)/t12?,13-,14?,15?,16-/m1/s1. The van der Waals surface area contributed by atoms with E-state index in [9.17, 15) is 14.7 Å². The third kappa shape index (κ3) is 2.82. The zero-order chi connectivity index (χ0) is 18.3. The highest BCUT2D eigenvalue weighted by Crippen LogP contribution is 2.43. The van der Waals surface area contributed by atoms with Gasteiger partial charge in [-0.15, -0.1) is 0 Å². The Labute approximate surface area is 153 Å². The summed E-state index contributed by atoms with van der Waals surface area (Å²) in [4.78, 5) is 31.4. The lowest BCUT2D eigenvalue weighted by atomic mass is 9.84. The molecule has 5 atom stereocenters. The van der Waals surface area contributed by atoms with Crippen molar-refractivity contribution < 1.29 is 19.4 Å². The van der Waals surface area contributed by atoms with E-state index in [0.29, 0.717) is 25.4 Å². The van der Waals surface area contributed by atoms with Crippen LogP contribution in [0.4, 0.5) is 0 Å². The van der Waals surface area contributed by atoms with Gasteiger partial charge in [0.2, 0.25) is 5.91 Å². The minimum absolute atomic E-state index is 0.0556. The Morgan fingerprint density at radius 1 is 1.31 bits per heavy atom. The summed E-state index contributed by atoms with van der Waals surface area (Å²) < 4.78 is 7.89. The molecule has 4 rings (SSSR count). The Morgan fingerprint density at radius 3 is 2.88 bits per heavy atom. The lowest BCUT2D eigenvalue weighted by molar-refractivity contribution is -0.153. The number of amides is 1. The van der Waals surface area contributed by atoms with Gasteiger partial charge in [-0.25, -0.2) is 9.78 Å². The molecule has 26 heavy (non-hydrogen) atoms. The number of rotatable bonds is 4. The largest absolute Gasteiger partial charge is 0.480 e. The molecule has 0 spiro atoms. The van der Waals surface area contributed by atoms with Gasteiger partial charge in [0.15, 0.2) is 0 Å². The zero-order valence-electron chi connectivity index (χ0n) is 15.2. The fourth-order valence-electron chi connectivity index (χ4n) is 5.13. The second-order valence-corrected chi connectivity index (χ2v) is 7.71. The van der Waals surface area contributed by atoms with Gasteiger partial charge in [0.05, 0.1) is 5.92 Å². The number of aromatic nitrogens is 2. The van der Waals surface area contributed by atoms with Crippen LogP contribution in [0, 0.1) is 11.8 Å². The number of nitrogens with zero attached hydrogens (tertiary/aromatic N) is 3. The molecule has 1 amide bonds. The van der Waals surface area contributed by atoms with Crippen molar-refractivity contribution in [3.8, 4) is 0 Å². The van der Waals surface area contributed by atoms with E-state index in [1.54, 1.807) is 11.1 Å². The molecular weight excluding hydrogens is 334 g/mol. The molecule has 0 radical (unpaired) electrons. The van der Waals surface area contributed by atoms with Crippen LogP contribution in [0.5, 0.6) is 0 Å². The maximum atomic E-state index is 13.5. The molecule has 0 aromatic carbocycles. The van der Waals surface area contributed by atoms with Crippen molar-refractivity contribution in [3.05, 3.63) is 18.2 Å². The smallest absolute Gasteiger partial charge is 0.326 e. The Bertz CT molecular complexity index is 688. The van der Waals surface area contributed by atoms with E-state index in [2.05, 4.69) is 4.98 Å². The first-order valence-electron chi connectivity index (χ1n) is 9.79. The number of hydrogen-bond donors (Lipinski definition) is 1. The fraction of sp³-hybridized carbons (Fsp3) is 0.737. The number of carboxylic acid groups (broad SMARTS) is 1. The summed E-state index contributed by atoms with van der Waals surface area (Å²) in [5.41, 5.74) is 0. The van der Waals surface area contributed by atoms with Crippen LogP contribution in [0.1, 0.15) is 57.4 Å². The molecule has 2 aliphatic heterocycles. The van der Waals surface area contributed by atoms with Gasteiger partial charge in [-0.3, -0.25) is 4.79 Å². The molecule has 7 nitrogen and oxygen atoms in total. The predicted octanol–water partition coefficient (Wildman–Crippen LogP) is 2.22. The lowest BCUT2D eigenvalue weighted by Gasteiger charge is -2.35. The molecule has 3 heterocycles. The van der Waals surface area contributed by atoms with Gasteiger partial charge < -0.3 is 19.3 Å². The SMILES string of the molecule is CCn1ccnc1[C@@H]1OCC[C@H]1C(=O)N1C(C(=O)O)CC2CCCCC21. The predicted molar refractivity (Wildman–Crippen MR) is 93.3 cm³/mol. The van der Waals surface area contributed by atoms with E-state index >= 15 is 0 Å². The number of likely N-dealkylation sites (tertiary alicyclic amines) is 1. The van der Waals surface area contributed by atoms with Crippen LogP contribution in [0.3, 0.4) is 0 Å². The van der Waals surface area contributed by atoms with E-state index in [-0.39, 0.29) is 24.0 Å². The minimum Gasteiger partial charge on any atom is -0.480 e. The summed E-state index contributed by atoms with van der Waals surface area (Å²) in [6.07, 6.45) is 8.62. The van der Waals surface area contributed by atoms with Crippen molar-refractivity contribution in [2.75, 3.05) is 6.61 Å². The summed E-state index contributed by atoms with van der Waals surface area (Å²) in [6.45, 7) is 3.31. The van der Waals surface area contributed by atoms with E-state index in [0.717, 1.165) is 38.1 Å². The van der Waals surface area contributed by atoms with E-state index in [4.69, 9.17) is 4.74 Å². The molecular formula is C19H27N3O4. The summed E-state index contributed by atoms with van der Waals surface area (Å²) in [5, 5.41) is 9.71. The zero-order valence-corrected chi connectivity index (χ0v) is 15.2. The Balaban J connectivity index is 1.61. The molecule has 3 unspecified atom stereocenters. The summed E-state index contributed by atoms with van der Waals surface area (Å²) in [6, 6.07) is -0.618. The van der Waals surface area contributed by atoms with Crippen molar-refractivity contribution in [1.82, 2.24) is 14.5 Å². The average Bonchev–Trinajstić information content (AvgIpc) is 3.36. The van der Waals surface area contributed by atoms with Crippen LogP contribution in [-0.2, 0) is 20.9 Å². The molecule has 3 fully saturated rings. The summed E-state index contributed by atoms with van der Waals surface area (Å²) in [5.74, 6) is -0.176. The molecule has 1 aromatic heterocycles. The number of aliphatic carboxylic acids is 1. The number of aryl methyl sites for hydroxylation is 1. The monoisotopic (exact) mass is 361 g/mol. The fourth-order valence-corrected chi connectivity index (χ4v) is 5.13. The second kappa shape index (κ2) is 7.02. The number of carboxylic acids is 1. The van der Waals surface area contributed by atoms with Crippen LogP contribution < -0.4 is 0 Å². The average molecular weight is 361 g/mol. The molecule has 1 saturated carbocycles. The van der Waals surface area contributed by atoms with Crippen LogP contribution in [0.2, 0.25) is 0 Å². The highest BCUT2D eigenvalue weighted by molar-refractivity contribution is 5.86. The number of imidazole rings is 1. The maximum absolute atomic E-state index is 13.5. The highest BCUT2D eigenvalue weighted by atomic mass is 16.5.